The summed E-state index contributed by atoms with van der Waals surface area (Å²) in [6.07, 6.45) is 0.429. The van der Waals surface area contributed by atoms with Gasteiger partial charge in [-0.25, -0.2) is 0 Å². The zero-order chi connectivity index (χ0) is 14.5. The number of anilines is 2. The summed E-state index contributed by atoms with van der Waals surface area (Å²) in [5.74, 6) is -0.0704. The Balaban J connectivity index is 1.90. The highest BCUT2D eigenvalue weighted by Crippen LogP contribution is 2.24. The number of carbonyl (C=O) groups is 2. The lowest BCUT2D eigenvalue weighted by Gasteiger charge is -2.18. The maximum atomic E-state index is 12.0. The van der Waals surface area contributed by atoms with Crippen LogP contribution in [0.15, 0.2) is 22.7 Å². The van der Waals surface area contributed by atoms with Gasteiger partial charge in [-0.2, -0.15) is 0 Å². The van der Waals surface area contributed by atoms with E-state index in [0.29, 0.717) is 37.4 Å². The minimum atomic E-state index is -0.107. The molecule has 0 aromatic heterocycles. The molecule has 1 heterocycles. The SMILES string of the molecule is Nc1ccc(NC(=O)CN2CCNC(=O)CC2)c(Br)c1. The lowest BCUT2D eigenvalue weighted by Crippen LogP contribution is -2.35. The summed E-state index contributed by atoms with van der Waals surface area (Å²) in [6.45, 7) is 2.13. The first-order valence-corrected chi connectivity index (χ1v) is 7.18. The van der Waals surface area contributed by atoms with Gasteiger partial charge in [0, 0.05) is 36.2 Å². The predicted molar refractivity (Wildman–Crippen MR) is 81.3 cm³/mol. The molecule has 7 heteroatoms. The van der Waals surface area contributed by atoms with E-state index in [4.69, 9.17) is 5.73 Å². The van der Waals surface area contributed by atoms with Crippen LogP contribution in [0.2, 0.25) is 0 Å². The minimum Gasteiger partial charge on any atom is -0.399 e. The monoisotopic (exact) mass is 340 g/mol. The smallest absolute Gasteiger partial charge is 0.238 e. The molecule has 0 spiro atoms. The fraction of sp³-hybridized carbons (Fsp3) is 0.385. The second kappa shape index (κ2) is 6.71. The summed E-state index contributed by atoms with van der Waals surface area (Å²) in [4.78, 5) is 25.2. The van der Waals surface area contributed by atoms with E-state index in [1.54, 1.807) is 18.2 Å². The lowest BCUT2D eigenvalue weighted by atomic mass is 10.3. The molecular weight excluding hydrogens is 324 g/mol. The van der Waals surface area contributed by atoms with Gasteiger partial charge in [0.1, 0.15) is 0 Å². The second-order valence-electron chi connectivity index (χ2n) is 4.66. The maximum absolute atomic E-state index is 12.0. The maximum Gasteiger partial charge on any atom is 0.238 e. The molecule has 1 aromatic rings. The third kappa shape index (κ3) is 4.21. The summed E-state index contributed by atoms with van der Waals surface area (Å²) >= 11 is 3.36. The number of nitrogen functional groups attached to an aromatic ring is 1. The summed E-state index contributed by atoms with van der Waals surface area (Å²) in [5.41, 5.74) is 6.97. The number of nitrogens with zero attached hydrogens (tertiary/aromatic N) is 1. The van der Waals surface area contributed by atoms with Crippen molar-refractivity contribution in [2.75, 3.05) is 37.2 Å². The van der Waals surface area contributed by atoms with E-state index in [1.165, 1.54) is 0 Å². The molecule has 20 heavy (non-hydrogen) atoms. The van der Waals surface area contributed by atoms with E-state index in [1.807, 2.05) is 4.90 Å². The number of halogens is 1. The van der Waals surface area contributed by atoms with E-state index < -0.39 is 0 Å². The number of hydrogen-bond acceptors (Lipinski definition) is 4. The van der Waals surface area contributed by atoms with Gasteiger partial charge < -0.3 is 16.4 Å². The Morgan fingerprint density at radius 2 is 2.25 bits per heavy atom. The van der Waals surface area contributed by atoms with E-state index in [-0.39, 0.29) is 18.4 Å². The molecular formula is C13H17BrN4O2. The van der Waals surface area contributed by atoms with Gasteiger partial charge in [0.15, 0.2) is 0 Å². The van der Waals surface area contributed by atoms with Crippen molar-refractivity contribution < 1.29 is 9.59 Å². The number of benzene rings is 1. The van der Waals surface area contributed by atoms with Crippen LogP contribution in [0.4, 0.5) is 11.4 Å². The fourth-order valence-corrected chi connectivity index (χ4v) is 2.49. The van der Waals surface area contributed by atoms with Crippen molar-refractivity contribution in [3.8, 4) is 0 Å². The molecule has 2 amide bonds. The Bertz CT molecular complexity index is 521. The molecule has 6 nitrogen and oxygen atoms in total. The fourth-order valence-electron chi connectivity index (χ4n) is 2.00. The average Bonchev–Trinajstić information content (AvgIpc) is 2.58. The number of hydrogen-bond donors (Lipinski definition) is 3. The average molecular weight is 341 g/mol. The van der Waals surface area contributed by atoms with Gasteiger partial charge in [0.25, 0.3) is 0 Å². The molecule has 0 saturated carbocycles. The van der Waals surface area contributed by atoms with Gasteiger partial charge in [-0.15, -0.1) is 0 Å². The first-order chi connectivity index (χ1) is 9.54. The highest BCUT2D eigenvalue weighted by Gasteiger charge is 2.16. The highest BCUT2D eigenvalue weighted by molar-refractivity contribution is 9.10. The van der Waals surface area contributed by atoms with Gasteiger partial charge in [0.05, 0.1) is 12.2 Å². The molecule has 1 aromatic carbocycles. The van der Waals surface area contributed by atoms with Gasteiger partial charge in [-0.3, -0.25) is 14.5 Å². The number of nitrogens with one attached hydrogen (secondary N) is 2. The van der Waals surface area contributed by atoms with E-state index >= 15 is 0 Å². The summed E-state index contributed by atoms with van der Waals surface area (Å²) in [6, 6.07) is 5.23. The largest absolute Gasteiger partial charge is 0.399 e. The Kier molecular flexibility index (Phi) is 4.97. The standard InChI is InChI=1S/C13H17BrN4O2/c14-10-7-9(15)1-2-11(10)17-13(20)8-18-5-3-12(19)16-4-6-18/h1-2,7H,3-6,8,15H2,(H,16,19)(H,17,20). The van der Waals surface area contributed by atoms with Crippen LogP contribution in [-0.4, -0.2) is 42.9 Å². The van der Waals surface area contributed by atoms with Crippen molar-refractivity contribution in [1.29, 1.82) is 0 Å². The van der Waals surface area contributed by atoms with Crippen LogP contribution < -0.4 is 16.4 Å². The number of rotatable bonds is 3. The Morgan fingerprint density at radius 3 is 3.00 bits per heavy atom. The Labute approximate surface area is 125 Å². The summed E-state index contributed by atoms with van der Waals surface area (Å²) in [5, 5.41) is 5.61. The zero-order valence-corrected chi connectivity index (χ0v) is 12.6. The molecule has 1 fully saturated rings. The van der Waals surface area contributed by atoms with E-state index in [2.05, 4.69) is 26.6 Å². The molecule has 2 rings (SSSR count). The topological polar surface area (TPSA) is 87.5 Å². The molecule has 0 aliphatic carbocycles. The first-order valence-electron chi connectivity index (χ1n) is 6.38. The van der Waals surface area contributed by atoms with Crippen molar-refractivity contribution in [3.63, 3.8) is 0 Å². The summed E-state index contributed by atoms with van der Waals surface area (Å²) in [7, 11) is 0. The lowest BCUT2D eigenvalue weighted by molar-refractivity contribution is -0.121. The van der Waals surface area contributed by atoms with Crippen LogP contribution >= 0.6 is 15.9 Å². The van der Waals surface area contributed by atoms with Crippen molar-refractivity contribution in [1.82, 2.24) is 10.2 Å². The predicted octanol–water partition coefficient (Wildman–Crippen LogP) is 0.792. The van der Waals surface area contributed by atoms with Gasteiger partial charge in [0.2, 0.25) is 11.8 Å². The molecule has 0 radical (unpaired) electrons. The van der Waals surface area contributed by atoms with Crippen molar-refractivity contribution in [3.05, 3.63) is 22.7 Å². The molecule has 1 aliphatic rings. The Hall–Kier alpha value is -1.60. The molecule has 0 unspecified atom stereocenters. The van der Waals surface area contributed by atoms with Gasteiger partial charge in [-0.05, 0) is 34.1 Å². The third-order valence-electron chi connectivity index (χ3n) is 3.04. The van der Waals surface area contributed by atoms with Crippen LogP contribution in [0, 0.1) is 0 Å². The van der Waals surface area contributed by atoms with Crippen LogP contribution in [0.3, 0.4) is 0 Å². The van der Waals surface area contributed by atoms with Crippen LogP contribution in [0.25, 0.3) is 0 Å². The number of carbonyl (C=O) groups excluding carboxylic acids is 2. The van der Waals surface area contributed by atoms with Crippen LogP contribution in [0.5, 0.6) is 0 Å². The second-order valence-corrected chi connectivity index (χ2v) is 5.52. The van der Waals surface area contributed by atoms with Gasteiger partial charge in [-0.1, -0.05) is 0 Å². The van der Waals surface area contributed by atoms with E-state index in [0.717, 1.165) is 4.47 Å². The number of amides is 2. The first kappa shape index (κ1) is 14.8. The molecule has 108 valence electrons. The van der Waals surface area contributed by atoms with Crippen molar-refractivity contribution in [2.45, 2.75) is 6.42 Å². The molecule has 1 aliphatic heterocycles. The third-order valence-corrected chi connectivity index (χ3v) is 3.70. The van der Waals surface area contributed by atoms with Crippen molar-refractivity contribution >= 4 is 39.1 Å². The van der Waals surface area contributed by atoms with Crippen LogP contribution in [-0.2, 0) is 9.59 Å². The quantitative estimate of drug-likeness (QED) is 0.710. The molecule has 4 N–H and O–H groups in total. The highest BCUT2D eigenvalue weighted by atomic mass is 79.9. The molecule has 1 saturated heterocycles. The minimum absolute atomic E-state index is 0.0363. The Morgan fingerprint density at radius 1 is 1.45 bits per heavy atom. The molecule has 0 atom stereocenters. The molecule has 0 bridgehead atoms. The van der Waals surface area contributed by atoms with Crippen LogP contribution in [0.1, 0.15) is 6.42 Å². The van der Waals surface area contributed by atoms with Gasteiger partial charge >= 0.3 is 0 Å². The van der Waals surface area contributed by atoms with Crippen molar-refractivity contribution in [2.24, 2.45) is 0 Å². The summed E-state index contributed by atoms with van der Waals surface area (Å²) < 4.78 is 0.749. The normalized spacial score (nSPS) is 16.4. The zero-order valence-electron chi connectivity index (χ0n) is 11.0. The van der Waals surface area contributed by atoms with E-state index in [9.17, 15) is 9.59 Å². The number of nitrogens with two attached hydrogens (primary N) is 1.